The summed E-state index contributed by atoms with van der Waals surface area (Å²) in [5.74, 6) is -0.584. The van der Waals surface area contributed by atoms with Crippen LogP contribution in [0.1, 0.15) is 37.8 Å². The number of rotatable bonds is 4. The van der Waals surface area contributed by atoms with E-state index in [1.807, 2.05) is 12.4 Å². The van der Waals surface area contributed by atoms with E-state index in [0.717, 1.165) is 23.9 Å². The lowest BCUT2D eigenvalue weighted by Gasteiger charge is -2.32. The van der Waals surface area contributed by atoms with Gasteiger partial charge in [-0.05, 0) is 44.4 Å². The third kappa shape index (κ3) is 3.42. The van der Waals surface area contributed by atoms with Crippen molar-refractivity contribution in [3.63, 3.8) is 0 Å². The summed E-state index contributed by atoms with van der Waals surface area (Å²) in [4.78, 5) is 29.8. The molecule has 1 aromatic heterocycles. The van der Waals surface area contributed by atoms with Crippen LogP contribution >= 0.6 is 0 Å². The van der Waals surface area contributed by atoms with Crippen molar-refractivity contribution in [2.24, 2.45) is 0 Å². The molecule has 0 unspecified atom stereocenters. The number of ether oxygens (including phenoxy) is 1. The van der Waals surface area contributed by atoms with Crippen LogP contribution < -0.4 is 0 Å². The lowest BCUT2D eigenvalue weighted by molar-refractivity contribution is -0.149. The van der Waals surface area contributed by atoms with Crippen molar-refractivity contribution < 1.29 is 14.3 Å². The molecule has 0 spiro atoms. The molecule has 1 aliphatic heterocycles. The van der Waals surface area contributed by atoms with Crippen molar-refractivity contribution in [1.82, 2.24) is 14.5 Å². The maximum absolute atomic E-state index is 12.1. The van der Waals surface area contributed by atoms with Gasteiger partial charge in [0.1, 0.15) is 6.42 Å². The number of benzene rings is 1. The first kappa shape index (κ1) is 16.5. The van der Waals surface area contributed by atoms with Crippen molar-refractivity contribution >= 4 is 22.9 Å². The molecule has 1 fully saturated rings. The Morgan fingerprint density at radius 1 is 1.29 bits per heavy atom. The van der Waals surface area contributed by atoms with Crippen molar-refractivity contribution in [3.05, 3.63) is 30.1 Å². The number of hydrogen-bond acceptors (Lipinski definition) is 4. The molecule has 6 heteroatoms. The first-order valence-corrected chi connectivity index (χ1v) is 8.45. The summed E-state index contributed by atoms with van der Waals surface area (Å²) in [6, 6.07) is 6.60. The van der Waals surface area contributed by atoms with Crippen LogP contribution in [0.2, 0.25) is 0 Å². The van der Waals surface area contributed by atoms with Crippen LogP contribution in [0.3, 0.4) is 0 Å². The van der Waals surface area contributed by atoms with Crippen LogP contribution in [0, 0.1) is 6.92 Å². The number of piperidine rings is 1. The quantitative estimate of drug-likeness (QED) is 0.638. The Hall–Kier alpha value is -2.37. The Labute approximate surface area is 141 Å². The van der Waals surface area contributed by atoms with E-state index in [4.69, 9.17) is 4.74 Å². The fourth-order valence-corrected chi connectivity index (χ4v) is 3.27. The topological polar surface area (TPSA) is 64.4 Å². The van der Waals surface area contributed by atoms with Crippen LogP contribution in [0.4, 0.5) is 0 Å². The summed E-state index contributed by atoms with van der Waals surface area (Å²) in [6.45, 7) is 5.45. The largest absolute Gasteiger partial charge is 0.466 e. The highest BCUT2D eigenvalue weighted by Crippen LogP contribution is 2.27. The van der Waals surface area contributed by atoms with Gasteiger partial charge in [0, 0.05) is 19.1 Å². The molecule has 0 saturated carbocycles. The van der Waals surface area contributed by atoms with E-state index in [0.29, 0.717) is 25.7 Å². The van der Waals surface area contributed by atoms with E-state index in [1.165, 1.54) is 5.56 Å². The van der Waals surface area contributed by atoms with Crippen LogP contribution in [-0.4, -0.2) is 46.0 Å². The highest BCUT2D eigenvalue weighted by Gasteiger charge is 2.26. The van der Waals surface area contributed by atoms with Gasteiger partial charge in [0.25, 0.3) is 0 Å². The highest BCUT2D eigenvalue weighted by atomic mass is 16.5. The van der Waals surface area contributed by atoms with E-state index in [2.05, 4.69) is 28.6 Å². The van der Waals surface area contributed by atoms with E-state index in [1.54, 1.807) is 11.8 Å². The molecule has 1 aliphatic rings. The Morgan fingerprint density at radius 2 is 2.04 bits per heavy atom. The number of carbonyl (C=O) groups is 2. The zero-order chi connectivity index (χ0) is 17.1. The number of imidazole rings is 1. The van der Waals surface area contributed by atoms with Gasteiger partial charge in [-0.3, -0.25) is 9.59 Å². The molecule has 1 amide bonds. The van der Waals surface area contributed by atoms with Gasteiger partial charge < -0.3 is 14.2 Å². The maximum Gasteiger partial charge on any atom is 0.315 e. The zero-order valence-electron chi connectivity index (χ0n) is 14.2. The van der Waals surface area contributed by atoms with Crippen molar-refractivity contribution in [3.8, 4) is 0 Å². The zero-order valence-corrected chi connectivity index (χ0v) is 14.2. The molecule has 1 saturated heterocycles. The molecule has 1 aromatic carbocycles. The SMILES string of the molecule is CCOC(=O)CC(=O)N1CCC(n2cnc3ccc(C)cc32)CC1. The number of aromatic nitrogens is 2. The fraction of sp³-hybridized carbons (Fsp3) is 0.500. The summed E-state index contributed by atoms with van der Waals surface area (Å²) < 4.78 is 7.06. The standard InChI is InChI=1S/C18H23N3O3/c1-3-24-18(23)11-17(22)20-8-6-14(7-9-20)21-12-19-15-5-4-13(2)10-16(15)21/h4-5,10,12,14H,3,6-9,11H2,1-2H3. The minimum absolute atomic E-state index is 0.141. The monoisotopic (exact) mass is 329 g/mol. The predicted octanol–water partition coefficient (Wildman–Crippen LogP) is 2.46. The molecule has 24 heavy (non-hydrogen) atoms. The second-order valence-electron chi connectivity index (χ2n) is 6.24. The van der Waals surface area contributed by atoms with Crippen molar-refractivity contribution in [2.75, 3.05) is 19.7 Å². The van der Waals surface area contributed by atoms with E-state index in [9.17, 15) is 9.59 Å². The Kier molecular flexibility index (Phi) is 4.83. The molecule has 3 rings (SSSR count). The van der Waals surface area contributed by atoms with Gasteiger partial charge in [0.2, 0.25) is 5.91 Å². The van der Waals surface area contributed by atoms with Crippen LogP contribution in [-0.2, 0) is 14.3 Å². The average molecular weight is 329 g/mol. The molecule has 0 bridgehead atoms. The van der Waals surface area contributed by atoms with E-state index < -0.39 is 5.97 Å². The maximum atomic E-state index is 12.1. The summed E-state index contributed by atoms with van der Waals surface area (Å²) in [5.41, 5.74) is 3.36. The van der Waals surface area contributed by atoms with Crippen LogP contribution in [0.25, 0.3) is 11.0 Å². The molecule has 0 radical (unpaired) electrons. The molecule has 6 nitrogen and oxygen atoms in total. The van der Waals surface area contributed by atoms with Gasteiger partial charge in [0.15, 0.2) is 0 Å². The number of likely N-dealkylation sites (tertiary alicyclic amines) is 1. The summed E-state index contributed by atoms with van der Waals surface area (Å²) in [6.07, 6.45) is 3.47. The third-order valence-corrected chi connectivity index (χ3v) is 4.54. The van der Waals surface area contributed by atoms with Gasteiger partial charge in [-0.1, -0.05) is 6.07 Å². The van der Waals surface area contributed by atoms with Crippen molar-refractivity contribution in [2.45, 2.75) is 39.2 Å². The minimum Gasteiger partial charge on any atom is -0.466 e. The van der Waals surface area contributed by atoms with Crippen LogP contribution in [0.5, 0.6) is 0 Å². The van der Waals surface area contributed by atoms with Gasteiger partial charge in [-0.2, -0.15) is 0 Å². The molecular formula is C18H23N3O3. The van der Waals surface area contributed by atoms with Crippen LogP contribution in [0.15, 0.2) is 24.5 Å². The molecule has 0 N–H and O–H groups in total. The number of amides is 1. The highest BCUT2D eigenvalue weighted by molar-refractivity contribution is 5.94. The first-order chi connectivity index (χ1) is 11.6. The number of aryl methyl sites for hydroxylation is 1. The van der Waals surface area contributed by atoms with Gasteiger partial charge >= 0.3 is 5.97 Å². The minimum atomic E-state index is -0.444. The van der Waals surface area contributed by atoms with E-state index in [-0.39, 0.29) is 12.3 Å². The summed E-state index contributed by atoms with van der Waals surface area (Å²) >= 11 is 0. The van der Waals surface area contributed by atoms with E-state index >= 15 is 0 Å². The summed E-state index contributed by atoms with van der Waals surface area (Å²) in [7, 11) is 0. The molecule has 128 valence electrons. The number of carbonyl (C=O) groups excluding carboxylic acids is 2. The first-order valence-electron chi connectivity index (χ1n) is 8.45. The average Bonchev–Trinajstić information content (AvgIpc) is 2.98. The van der Waals surface area contributed by atoms with Gasteiger partial charge in [-0.25, -0.2) is 4.98 Å². The second kappa shape index (κ2) is 7.03. The Balaban J connectivity index is 1.63. The fourth-order valence-electron chi connectivity index (χ4n) is 3.27. The molecule has 0 aliphatic carbocycles. The second-order valence-corrected chi connectivity index (χ2v) is 6.24. The summed E-state index contributed by atoms with van der Waals surface area (Å²) in [5, 5.41) is 0. The van der Waals surface area contributed by atoms with Crippen molar-refractivity contribution in [1.29, 1.82) is 0 Å². The number of nitrogens with zero attached hydrogens (tertiary/aromatic N) is 3. The number of fused-ring (bicyclic) bond motifs is 1. The molecular weight excluding hydrogens is 306 g/mol. The smallest absolute Gasteiger partial charge is 0.315 e. The molecule has 2 heterocycles. The molecule has 2 aromatic rings. The Bertz CT molecular complexity index is 745. The lowest BCUT2D eigenvalue weighted by Crippen LogP contribution is -2.40. The lowest BCUT2D eigenvalue weighted by atomic mass is 10.0. The predicted molar refractivity (Wildman–Crippen MR) is 90.6 cm³/mol. The Morgan fingerprint density at radius 3 is 2.75 bits per heavy atom. The number of esters is 1. The third-order valence-electron chi connectivity index (χ3n) is 4.54. The molecule has 0 atom stereocenters. The van der Waals surface area contributed by atoms with Gasteiger partial charge in [0.05, 0.1) is 24.0 Å². The van der Waals surface area contributed by atoms with Gasteiger partial charge in [-0.15, -0.1) is 0 Å². The normalized spacial score (nSPS) is 15.7. The number of hydrogen-bond donors (Lipinski definition) is 0.